The van der Waals surface area contributed by atoms with Gasteiger partial charge in [-0.3, -0.25) is 9.78 Å². The van der Waals surface area contributed by atoms with Crippen LogP contribution >= 0.6 is 0 Å². The minimum Gasteiger partial charge on any atom is -0.488 e. The van der Waals surface area contributed by atoms with Gasteiger partial charge in [-0.2, -0.15) is 0 Å². The van der Waals surface area contributed by atoms with Crippen LogP contribution in [0.1, 0.15) is 23.2 Å². The Labute approximate surface area is 135 Å². The number of nitrogens with zero attached hydrogens (tertiary/aromatic N) is 3. The molecular weight excluding hydrogens is 294 g/mol. The summed E-state index contributed by atoms with van der Waals surface area (Å²) >= 11 is 0. The van der Waals surface area contributed by atoms with E-state index in [1.54, 1.807) is 37.8 Å². The molecule has 0 radical (unpaired) electrons. The Morgan fingerprint density at radius 3 is 2.78 bits per heavy atom. The molecule has 0 aliphatic carbocycles. The lowest BCUT2D eigenvalue weighted by atomic mass is 10.1. The summed E-state index contributed by atoms with van der Waals surface area (Å²) < 4.78 is 11.0. The van der Waals surface area contributed by atoms with Crippen molar-refractivity contribution in [2.75, 3.05) is 20.2 Å². The topological polar surface area (TPSA) is 64.5 Å². The van der Waals surface area contributed by atoms with E-state index in [9.17, 15) is 4.79 Å². The van der Waals surface area contributed by atoms with Crippen LogP contribution in [0.4, 0.5) is 0 Å². The molecule has 23 heavy (non-hydrogen) atoms. The van der Waals surface area contributed by atoms with Crippen molar-refractivity contribution in [1.29, 1.82) is 0 Å². The molecule has 0 saturated carbocycles. The summed E-state index contributed by atoms with van der Waals surface area (Å²) in [4.78, 5) is 22.5. The van der Waals surface area contributed by atoms with Gasteiger partial charge < -0.3 is 14.4 Å². The highest BCUT2D eigenvalue weighted by molar-refractivity contribution is 5.94. The van der Waals surface area contributed by atoms with Crippen LogP contribution in [0.2, 0.25) is 0 Å². The van der Waals surface area contributed by atoms with E-state index in [0.29, 0.717) is 18.0 Å². The van der Waals surface area contributed by atoms with E-state index in [-0.39, 0.29) is 12.0 Å². The molecule has 1 aliphatic rings. The number of ether oxygens (including phenoxy) is 2. The van der Waals surface area contributed by atoms with E-state index in [2.05, 4.69) is 9.97 Å². The fourth-order valence-electron chi connectivity index (χ4n) is 2.64. The van der Waals surface area contributed by atoms with Gasteiger partial charge in [0.25, 0.3) is 5.91 Å². The zero-order valence-electron chi connectivity index (χ0n) is 13.0. The summed E-state index contributed by atoms with van der Waals surface area (Å²) in [5.74, 6) is 1.26. The molecule has 1 saturated heterocycles. The molecule has 1 amide bonds. The molecule has 1 atom stereocenters. The van der Waals surface area contributed by atoms with Crippen LogP contribution in [0, 0.1) is 0 Å². The monoisotopic (exact) mass is 313 g/mol. The highest BCUT2D eigenvalue weighted by atomic mass is 16.5. The Bertz CT molecular complexity index is 646. The average molecular weight is 313 g/mol. The number of amides is 1. The van der Waals surface area contributed by atoms with Crippen molar-refractivity contribution in [3.63, 3.8) is 0 Å². The van der Waals surface area contributed by atoms with Crippen molar-refractivity contribution in [3.8, 4) is 11.6 Å². The second kappa shape index (κ2) is 7.09. The zero-order valence-corrected chi connectivity index (χ0v) is 13.0. The standard InChI is InChI=1S/C17H19N3O3/c1-22-16-5-4-13(11-19-16)17(21)20-10-2-3-15(12-20)23-14-6-8-18-9-7-14/h4-9,11,15H,2-3,10,12H2,1H3. The molecule has 3 rings (SSSR count). The highest BCUT2D eigenvalue weighted by Crippen LogP contribution is 2.19. The van der Waals surface area contributed by atoms with Crippen molar-refractivity contribution < 1.29 is 14.3 Å². The summed E-state index contributed by atoms with van der Waals surface area (Å²) in [6.07, 6.45) is 6.81. The average Bonchev–Trinajstić information content (AvgIpc) is 2.62. The first kappa shape index (κ1) is 15.3. The van der Waals surface area contributed by atoms with Gasteiger partial charge in [0, 0.05) is 31.2 Å². The van der Waals surface area contributed by atoms with Crippen LogP contribution in [0.5, 0.6) is 11.6 Å². The predicted octanol–water partition coefficient (Wildman–Crippen LogP) is 2.17. The number of piperidine rings is 1. The number of hydrogen-bond donors (Lipinski definition) is 0. The van der Waals surface area contributed by atoms with E-state index in [4.69, 9.17) is 9.47 Å². The summed E-state index contributed by atoms with van der Waals surface area (Å²) in [7, 11) is 1.55. The largest absolute Gasteiger partial charge is 0.488 e. The molecule has 2 aromatic heterocycles. The number of pyridine rings is 2. The molecule has 0 aromatic carbocycles. The SMILES string of the molecule is COc1ccc(C(=O)N2CCCC(Oc3ccncc3)C2)cn1. The molecule has 120 valence electrons. The molecule has 0 bridgehead atoms. The van der Waals surface area contributed by atoms with E-state index in [1.165, 1.54) is 0 Å². The highest BCUT2D eigenvalue weighted by Gasteiger charge is 2.25. The summed E-state index contributed by atoms with van der Waals surface area (Å²) in [6.45, 7) is 1.31. The predicted molar refractivity (Wildman–Crippen MR) is 84.6 cm³/mol. The number of likely N-dealkylation sites (tertiary alicyclic amines) is 1. The molecule has 2 aromatic rings. The Morgan fingerprint density at radius 2 is 2.09 bits per heavy atom. The van der Waals surface area contributed by atoms with E-state index >= 15 is 0 Å². The lowest BCUT2D eigenvalue weighted by Crippen LogP contribution is -2.44. The maximum absolute atomic E-state index is 12.6. The fraction of sp³-hybridized carbons (Fsp3) is 0.353. The molecule has 0 N–H and O–H groups in total. The molecule has 0 spiro atoms. The van der Waals surface area contributed by atoms with Gasteiger partial charge in [0.1, 0.15) is 11.9 Å². The van der Waals surface area contributed by atoms with Gasteiger partial charge in [0.05, 0.1) is 19.2 Å². The van der Waals surface area contributed by atoms with Crippen LogP contribution in [0.3, 0.4) is 0 Å². The molecule has 6 nitrogen and oxygen atoms in total. The summed E-state index contributed by atoms with van der Waals surface area (Å²) in [5, 5.41) is 0. The first-order valence-corrected chi connectivity index (χ1v) is 7.62. The van der Waals surface area contributed by atoms with Crippen molar-refractivity contribution in [3.05, 3.63) is 48.4 Å². The second-order valence-corrected chi connectivity index (χ2v) is 5.41. The van der Waals surface area contributed by atoms with Gasteiger partial charge in [0.15, 0.2) is 0 Å². The molecule has 1 aliphatic heterocycles. The van der Waals surface area contributed by atoms with Gasteiger partial charge >= 0.3 is 0 Å². The zero-order chi connectivity index (χ0) is 16.1. The number of carbonyl (C=O) groups excluding carboxylic acids is 1. The Morgan fingerprint density at radius 1 is 1.26 bits per heavy atom. The third kappa shape index (κ3) is 3.77. The van der Waals surface area contributed by atoms with E-state index < -0.39 is 0 Å². The smallest absolute Gasteiger partial charge is 0.255 e. The minimum atomic E-state index is -0.0248. The first-order chi connectivity index (χ1) is 11.3. The maximum Gasteiger partial charge on any atom is 0.255 e. The fourth-order valence-corrected chi connectivity index (χ4v) is 2.64. The van der Waals surface area contributed by atoms with Crippen LogP contribution < -0.4 is 9.47 Å². The number of methoxy groups -OCH3 is 1. The maximum atomic E-state index is 12.6. The number of rotatable bonds is 4. The van der Waals surface area contributed by atoms with Crippen LogP contribution in [-0.4, -0.2) is 47.1 Å². The van der Waals surface area contributed by atoms with Gasteiger partial charge in [0.2, 0.25) is 5.88 Å². The minimum absolute atomic E-state index is 0.00121. The third-order valence-corrected chi connectivity index (χ3v) is 3.81. The lowest BCUT2D eigenvalue weighted by molar-refractivity contribution is 0.0537. The van der Waals surface area contributed by atoms with E-state index in [0.717, 1.165) is 25.1 Å². The normalized spacial score (nSPS) is 17.6. The number of aromatic nitrogens is 2. The van der Waals surface area contributed by atoms with Crippen molar-refractivity contribution in [2.45, 2.75) is 18.9 Å². The van der Waals surface area contributed by atoms with Crippen LogP contribution in [0.15, 0.2) is 42.9 Å². The van der Waals surface area contributed by atoms with Crippen molar-refractivity contribution in [1.82, 2.24) is 14.9 Å². The van der Waals surface area contributed by atoms with Crippen LogP contribution in [-0.2, 0) is 0 Å². The van der Waals surface area contributed by atoms with Gasteiger partial charge in [-0.1, -0.05) is 0 Å². The number of hydrogen-bond acceptors (Lipinski definition) is 5. The summed E-state index contributed by atoms with van der Waals surface area (Å²) in [5.41, 5.74) is 0.565. The Hall–Kier alpha value is -2.63. The lowest BCUT2D eigenvalue weighted by Gasteiger charge is -2.33. The Balaban J connectivity index is 1.64. The van der Waals surface area contributed by atoms with Crippen LogP contribution in [0.25, 0.3) is 0 Å². The Kier molecular flexibility index (Phi) is 4.71. The number of carbonyl (C=O) groups is 1. The van der Waals surface area contributed by atoms with Gasteiger partial charge in [-0.25, -0.2) is 4.98 Å². The van der Waals surface area contributed by atoms with Crippen molar-refractivity contribution >= 4 is 5.91 Å². The summed E-state index contributed by atoms with van der Waals surface area (Å²) in [6, 6.07) is 7.09. The van der Waals surface area contributed by atoms with Gasteiger partial charge in [-0.05, 0) is 31.0 Å². The molecule has 3 heterocycles. The quantitative estimate of drug-likeness (QED) is 0.865. The van der Waals surface area contributed by atoms with Gasteiger partial charge in [-0.15, -0.1) is 0 Å². The first-order valence-electron chi connectivity index (χ1n) is 7.62. The molecular formula is C17H19N3O3. The third-order valence-electron chi connectivity index (χ3n) is 3.81. The second-order valence-electron chi connectivity index (χ2n) is 5.41. The molecule has 1 fully saturated rings. The van der Waals surface area contributed by atoms with E-state index in [1.807, 2.05) is 17.0 Å². The molecule has 1 unspecified atom stereocenters. The van der Waals surface area contributed by atoms with Crippen molar-refractivity contribution in [2.24, 2.45) is 0 Å². The molecule has 6 heteroatoms.